The monoisotopic (exact) mass is 161 g/mol. The molecular weight excluding hydrogens is 150 g/mol. The van der Waals surface area contributed by atoms with E-state index in [9.17, 15) is 9.59 Å². The molecule has 0 aliphatic carbocycles. The Bertz CT molecular complexity index is 155. The maximum atomic E-state index is 10.7. The number of amides is 1. The Hall–Kier alpha value is -1.26. The van der Waals surface area contributed by atoms with E-state index in [2.05, 4.69) is 15.2 Å². The lowest BCUT2D eigenvalue weighted by atomic mass is 10.2. The highest BCUT2D eigenvalue weighted by Gasteiger charge is 2.07. The van der Waals surface area contributed by atoms with Crippen molar-refractivity contribution in [2.45, 2.75) is 13.8 Å². The van der Waals surface area contributed by atoms with Gasteiger partial charge in [-0.1, -0.05) is 13.8 Å². The summed E-state index contributed by atoms with van der Waals surface area (Å²) >= 11 is 0. The van der Waals surface area contributed by atoms with Crippen LogP contribution in [0.5, 0.6) is 0 Å². The molecule has 0 spiro atoms. The highest BCUT2D eigenvalue weighted by Crippen LogP contribution is 1.95. The lowest BCUT2D eigenvalue weighted by molar-refractivity contribution is -0.155. The van der Waals surface area contributed by atoms with E-state index >= 15 is 0 Å². The van der Waals surface area contributed by atoms with E-state index in [1.165, 1.54) is 0 Å². The van der Waals surface area contributed by atoms with Crippen molar-refractivity contribution < 1.29 is 19.1 Å². The third-order valence-electron chi connectivity index (χ3n) is 0.874. The number of nitrogens with two attached hydrogens (primary N) is 1. The first-order valence-electron chi connectivity index (χ1n) is 3.13. The third-order valence-corrected chi connectivity index (χ3v) is 0.874. The smallest absolute Gasteiger partial charge is 0.407 e. The molecule has 0 saturated heterocycles. The molecule has 0 atom stereocenters. The van der Waals surface area contributed by atoms with Gasteiger partial charge in [0.05, 0.1) is 5.92 Å². The van der Waals surface area contributed by atoms with Crippen molar-refractivity contribution in [2.75, 3.05) is 6.79 Å². The SMILES string of the molecule is CC(C)C(=O)OCOC(N)=O. The number of carbonyl (C=O) groups is 2. The molecule has 0 saturated carbocycles. The number of hydrogen-bond acceptors (Lipinski definition) is 4. The molecule has 5 heteroatoms. The summed E-state index contributed by atoms with van der Waals surface area (Å²) in [5, 5.41) is 0. The van der Waals surface area contributed by atoms with Gasteiger partial charge in [-0.3, -0.25) is 4.79 Å². The number of carbonyl (C=O) groups excluding carboxylic acids is 2. The minimum Gasteiger partial charge on any atom is -0.428 e. The fourth-order valence-electron chi connectivity index (χ4n) is 0.312. The van der Waals surface area contributed by atoms with Crippen LogP contribution < -0.4 is 5.73 Å². The number of hydrogen-bond donors (Lipinski definition) is 1. The first kappa shape index (κ1) is 9.74. The van der Waals surface area contributed by atoms with Gasteiger partial charge in [0.15, 0.2) is 0 Å². The van der Waals surface area contributed by atoms with E-state index in [1.807, 2.05) is 0 Å². The summed E-state index contributed by atoms with van der Waals surface area (Å²) in [5.74, 6) is -0.655. The van der Waals surface area contributed by atoms with Crippen LogP contribution in [0.15, 0.2) is 0 Å². The molecule has 0 aromatic carbocycles. The van der Waals surface area contributed by atoms with Gasteiger partial charge in [-0.15, -0.1) is 0 Å². The fraction of sp³-hybridized carbons (Fsp3) is 0.667. The molecule has 0 rings (SSSR count). The first-order valence-corrected chi connectivity index (χ1v) is 3.13. The standard InChI is InChI=1S/C6H11NO4/c1-4(2)5(8)10-3-11-6(7)9/h4H,3H2,1-2H3,(H2,7,9). The molecular formula is C6H11NO4. The van der Waals surface area contributed by atoms with Gasteiger partial charge in [0, 0.05) is 0 Å². The van der Waals surface area contributed by atoms with Gasteiger partial charge in [-0.05, 0) is 0 Å². The number of esters is 1. The first-order chi connectivity index (χ1) is 5.04. The van der Waals surface area contributed by atoms with Crippen LogP contribution in [-0.2, 0) is 14.3 Å². The Morgan fingerprint density at radius 2 is 1.91 bits per heavy atom. The Kier molecular flexibility index (Phi) is 4.02. The zero-order chi connectivity index (χ0) is 8.85. The molecule has 0 aromatic rings. The zero-order valence-corrected chi connectivity index (χ0v) is 6.49. The normalized spacial score (nSPS) is 9.36. The molecule has 0 bridgehead atoms. The largest absolute Gasteiger partial charge is 0.428 e. The third kappa shape index (κ3) is 5.20. The molecule has 5 nitrogen and oxygen atoms in total. The van der Waals surface area contributed by atoms with Crippen LogP contribution in [0.3, 0.4) is 0 Å². The average Bonchev–Trinajstić information content (AvgIpc) is 1.86. The molecule has 0 unspecified atom stereocenters. The van der Waals surface area contributed by atoms with Crippen LogP contribution in [0.2, 0.25) is 0 Å². The van der Waals surface area contributed by atoms with Crippen LogP contribution in [0.4, 0.5) is 4.79 Å². The van der Waals surface area contributed by atoms with Gasteiger partial charge in [-0.25, -0.2) is 4.79 Å². The zero-order valence-electron chi connectivity index (χ0n) is 6.49. The quantitative estimate of drug-likeness (QED) is 0.475. The van der Waals surface area contributed by atoms with E-state index in [4.69, 9.17) is 0 Å². The molecule has 11 heavy (non-hydrogen) atoms. The van der Waals surface area contributed by atoms with Crippen molar-refractivity contribution in [1.82, 2.24) is 0 Å². The predicted molar refractivity (Wildman–Crippen MR) is 36.5 cm³/mol. The summed E-state index contributed by atoms with van der Waals surface area (Å²) < 4.78 is 8.61. The number of ether oxygens (including phenoxy) is 2. The molecule has 64 valence electrons. The van der Waals surface area contributed by atoms with Crippen molar-refractivity contribution in [3.63, 3.8) is 0 Å². The highest BCUT2D eigenvalue weighted by atomic mass is 16.7. The Morgan fingerprint density at radius 1 is 1.36 bits per heavy atom. The summed E-state index contributed by atoms with van der Waals surface area (Å²) in [5.41, 5.74) is 4.60. The number of primary amides is 1. The Balaban J connectivity index is 3.39. The molecule has 0 aliphatic heterocycles. The van der Waals surface area contributed by atoms with Gasteiger partial charge in [0.2, 0.25) is 6.79 Å². The van der Waals surface area contributed by atoms with Crippen LogP contribution >= 0.6 is 0 Å². The van der Waals surface area contributed by atoms with E-state index in [0.29, 0.717) is 0 Å². The second kappa shape index (κ2) is 4.54. The van der Waals surface area contributed by atoms with Gasteiger partial charge in [-0.2, -0.15) is 0 Å². The van der Waals surface area contributed by atoms with Gasteiger partial charge < -0.3 is 15.2 Å². The second-order valence-electron chi connectivity index (χ2n) is 2.20. The van der Waals surface area contributed by atoms with Crippen LogP contribution in [-0.4, -0.2) is 18.9 Å². The van der Waals surface area contributed by atoms with Crippen molar-refractivity contribution in [3.8, 4) is 0 Å². The molecule has 1 amide bonds. The van der Waals surface area contributed by atoms with Crippen molar-refractivity contribution >= 4 is 12.1 Å². The van der Waals surface area contributed by atoms with E-state index < -0.39 is 18.9 Å². The summed E-state index contributed by atoms with van der Waals surface area (Å²) in [7, 11) is 0. The van der Waals surface area contributed by atoms with Crippen LogP contribution in [0, 0.1) is 5.92 Å². The van der Waals surface area contributed by atoms with Gasteiger partial charge in [0.25, 0.3) is 0 Å². The summed E-state index contributed by atoms with van der Waals surface area (Å²) in [6.07, 6.45) is -0.957. The summed E-state index contributed by atoms with van der Waals surface area (Å²) in [4.78, 5) is 20.6. The molecule has 0 heterocycles. The van der Waals surface area contributed by atoms with Gasteiger partial charge >= 0.3 is 12.1 Å². The molecule has 0 radical (unpaired) electrons. The van der Waals surface area contributed by atoms with Crippen molar-refractivity contribution in [2.24, 2.45) is 11.7 Å². The van der Waals surface area contributed by atoms with E-state index in [1.54, 1.807) is 13.8 Å². The minimum absolute atomic E-state index is 0.230. The highest BCUT2D eigenvalue weighted by molar-refractivity contribution is 5.71. The average molecular weight is 161 g/mol. The topological polar surface area (TPSA) is 78.6 Å². The van der Waals surface area contributed by atoms with E-state index in [-0.39, 0.29) is 5.92 Å². The Morgan fingerprint density at radius 3 is 2.27 bits per heavy atom. The lowest BCUT2D eigenvalue weighted by Crippen LogP contribution is -2.19. The number of rotatable bonds is 3. The van der Waals surface area contributed by atoms with Crippen LogP contribution in [0.1, 0.15) is 13.8 Å². The van der Waals surface area contributed by atoms with E-state index in [0.717, 1.165) is 0 Å². The van der Waals surface area contributed by atoms with Crippen LogP contribution in [0.25, 0.3) is 0 Å². The maximum absolute atomic E-state index is 10.7. The minimum atomic E-state index is -0.957. The lowest BCUT2D eigenvalue weighted by Gasteiger charge is -2.05. The van der Waals surface area contributed by atoms with Crippen molar-refractivity contribution in [3.05, 3.63) is 0 Å². The molecule has 0 aliphatic rings. The maximum Gasteiger partial charge on any atom is 0.407 e. The molecule has 0 aromatic heterocycles. The Labute approximate surface area is 64.5 Å². The summed E-state index contributed by atoms with van der Waals surface area (Å²) in [6, 6.07) is 0. The van der Waals surface area contributed by atoms with Gasteiger partial charge in [0.1, 0.15) is 0 Å². The molecule has 2 N–H and O–H groups in total. The van der Waals surface area contributed by atoms with Crippen molar-refractivity contribution in [1.29, 1.82) is 0 Å². The predicted octanol–water partition coefficient (Wildman–Crippen LogP) is 0.238. The summed E-state index contributed by atoms with van der Waals surface area (Å²) in [6.45, 7) is 2.94. The molecule has 0 fully saturated rings. The fourth-order valence-corrected chi connectivity index (χ4v) is 0.312. The second-order valence-corrected chi connectivity index (χ2v) is 2.20.